The summed E-state index contributed by atoms with van der Waals surface area (Å²) in [5.41, 5.74) is 1.27. The van der Waals surface area contributed by atoms with Crippen molar-refractivity contribution in [1.29, 1.82) is 0 Å². The molecule has 2 aromatic rings. The van der Waals surface area contributed by atoms with Gasteiger partial charge in [-0.05, 0) is 12.5 Å². The van der Waals surface area contributed by atoms with Gasteiger partial charge in [0, 0.05) is 5.38 Å². The van der Waals surface area contributed by atoms with Crippen molar-refractivity contribution in [3.8, 4) is 0 Å². The summed E-state index contributed by atoms with van der Waals surface area (Å²) in [5, 5.41) is 17.0. The van der Waals surface area contributed by atoms with Crippen LogP contribution in [0.2, 0.25) is 0 Å². The molecule has 6 nitrogen and oxygen atoms in total. The van der Waals surface area contributed by atoms with Crippen molar-refractivity contribution < 1.29 is 14.7 Å². The molecule has 0 aliphatic heterocycles. The molecule has 0 saturated carbocycles. The molecule has 2 amide bonds. The Morgan fingerprint density at radius 1 is 1.33 bits per heavy atom. The number of carboxylic acids is 1. The molecule has 1 aromatic carbocycles. The SMILES string of the molecule is Cc1nc(CNC(=O)N[C@H](C(=O)O)c2ccccc2)cs1. The van der Waals surface area contributed by atoms with Gasteiger partial charge in [-0.3, -0.25) is 0 Å². The molecule has 1 atom stereocenters. The average molecular weight is 305 g/mol. The normalized spacial score (nSPS) is 11.7. The van der Waals surface area contributed by atoms with E-state index in [1.807, 2.05) is 12.3 Å². The number of hydrogen-bond acceptors (Lipinski definition) is 4. The number of hydrogen-bond donors (Lipinski definition) is 3. The maximum Gasteiger partial charge on any atom is 0.330 e. The second kappa shape index (κ2) is 6.85. The van der Waals surface area contributed by atoms with Crippen LogP contribution in [0.4, 0.5) is 4.79 Å². The Morgan fingerprint density at radius 2 is 2.05 bits per heavy atom. The molecule has 0 spiro atoms. The molecule has 0 aliphatic carbocycles. The van der Waals surface area contributed by atoms with Gasteiger partial charge in [-0.1, -0.05) is 30.3 Å². The summed E-state index contributed by atoms with van der Waals surface area (Å²) in [7, 11) is 0. The molecule has 0 radical (unpaired) electrons. The topological polar surface area (TPSA) is 91.3 Å². The minimum atomic E-state index is -1.11. The summed E-state index contributed by atoms with van der Waals surface area (Å²) >= 11 is 1.49. The Bertz CT molecular complexity index is 627. The predicted octanol–water partition coefficient (Wildman–Crippen LogP) is 2.08. The first kappa shape index (κ1) is 15.0. The second-order valence-electron chi connectivity index (χ2n) is 4.37. The van der Waals surface area contributed by atoms with E-state index in [9.17, 15) is 14.7 Å². The summed E-state index contributed by atoms with van der Waals surface area (Å²) in [4.78, 5) is 27.3. The van der Waals surface area contributed by atoms with Crippen molar-refractivity contribution in [2.45, 2.75) is 19.5 Å². The van der Waals surface area contributed by atoms with E-state index in [0.29, 0.717) is 5.56 Å². The quantitative estimate of drug-likeness (QED) is 0.788. The molecule has 2 rings (SSSR count). The summed E-state index contributed by atoms with van der Waals surface area (Å²) in [6.45, 7) is 2.14. The third kappa shape index (κ3) is 4.28. The van der Waals surface area contributed by atoms with Crippen molar-refractivity contribution in [2.24, 2.45) is 0 Å². The highest BCUT2D eigenvalue weighted by Crippen LogP contribution is 2.12. The highest BCUT2D eigenvalue weighted by Gasteiger charge is 2.21. The van der Waals surface area contributed by atoms with E-state index < -0.39 is 18.0 Å². The van der Waals surface area contributed by atoms with Crippen LogP contribution in [0.5, 0.6) is 0 Å². The number of aromatic nitrogens is 1. The minimum absolute atomic E-state index is 0.261. The zero-order chi connectivity index (χ0) is 15.2. The van der Waals surface area contributed by atoms with Gasteiger partial charge in [0.15, 0.2) is 6.04 Å². The van der Waals surface area contributed by atoms with E-state index in [0.717, 1.165) is 10.7 Å². The fourth-order valence-electron chi connectivity index (χ4n) is 1.78. The first-order chi connectivity index (χ1) is 10.1. The first-order valence-corrected chi connectivity index (χ1v) is 7.17. The van der Waals surface area contributed by atoms with Crippen molar-refractivity contribution >= 4 is 23.3 Å². The van der Waals surface area contributed by atoms with Crippen LogP contribution < -0.4 is 10.6 Å². The average Bonchev–Trinajstić information content (AvgIpc) is 2.89. The van der Waals surface area contributed by atoms with Crippen LogP contribution in [0.15, 0.2) is 35.7 Å². The number of urea groups is 1. The Kier molecular flexibility index (Phi) is 4.89. The van der Waals surface area contributed by atoms with Crippen LogP contribution in [0, 0.1) is 6.92 Å². The largest absolute Gasteiger partial charge is 0.479 e. The van der Waals surface area contributed by atoms with Crippen LogP contribution in [0.3, 0.4) is 0 Å². The maximum atomic E-state index is 11.8. The van der Waals surface area contributed by atoms with Gasteiger partial charge in [0.1, 0.15) is 0 Å². The number of amides is 2. The lowest BCUT2D eigenvalue weighted by Gasteiger charge is -2.15. The Balaban J connectivity index is 1.94. The second-order valence-corrected chi connectivity index (χ2v) is 5.43. The van der Waals surface area contributed by atoms with Crippen molar-refractivity contribution in [3.05, 3.63) is 52.0 Å². The highest BCUT2D eigenvalue weighted by atomic mass is 32.1. The Hall–Kier alpha value is -2.41. The smallest absolute Gasteiger partial charge is 0.330 e. The number of carbonyl (C=O) groups excluding carboxylic acids is 1. The first-order valence-electron chi connectivity index (χ1n) is 6.29. The lowest BCUT2D eigenvalue weighted by molar-refractivity contribution is -0.139. The Morgan fingerprint density at radius 3 is 2.62 bits per heavy atom. The number of carboxylic acid groups (broad SMARTS) is 1. The number of rotatable bonds is 5. The third-order valence-corrected chi connectivity index (χ3v) is 3.57. The van der Waals surface area contributed by atoms with E-state index >= 15 is 0 Å². The molecule has 3 N–H and O–H groups in total. The number of thiazole rings is 1. The molecule has 7 heteroatoms. The molecule has 0 bridgehead atoms. The standard InChI is InChI=1S/C14H15N3O3S/c1-9-16-11(8-21-9)7-15-14(20)17-12(13(18)19)10-5-3-2-4-6-10/h2-6,8,12H,7H2,1H3,(H,18,19)(H2,15,17,20)/t12-/m0/s1. The molecule has 0 aliphatic rings. The zero-order valence-corrected chi connectivity index (χ0v) is 12.2. The van der Waals surface area contributed by atoms with E-state index in [1.165, 1.54) is 11.3 Å². The monoisotopic (exact) mass is 305 g/mol. The molecule has 110 valence electrons. The van der Waals surface area contributed by atoms with E-state index in [-0.39, 0.29) is 6.54 Å². The van der Waals surface area contributed by atoms with Crippen LogP contribution in [-0.2, 0) is 11.3 Å². The molecule has 1 heterocycles. The van der Waals surface area contributed by atoms with Crippen molar-refractivity contribution in [3.63, 3.8) is 0 Å². The number of nitrogens with one attached hydrogen (secondary N) is 2. The highest BCUT2D eigenvalue weighted by molar-refractivity contribution is 7.09. The number of aliphatic carboxylic acids is 1. The van der Waals surface area contributed by atoms with E-state index in [2.05, 4.69) is 15.6 Å². The zero-order valence-electron chi connectivity index (χ0n) is 11.4. The van der Waals surface area contributed by atoms with Gasteiger partial charge in [-0.15, -0.1) is 11.3 Å². The van der Waals surface area contributed by atoms with E-state index in [1.54, 1.807) is 30.3 Å². The molecule has 21 heavy (non-hydrogen) atoms. The number of carbonyl (C=O) groups is 2. The molecule has 0 unspecified atom stereocenters. The van der Waals surface area contributed by atoms with Crippen LogP contribution >= 0.6 is 11.3 Å². The lowest BCUT2D eigenvalue weighted by Crippen LogP contribution is -2.40. The number of nitrogens with zero attached hydrogens (tertiary/aromatic N) is 1. The van der Waals surface area contributed by atoms with E-state index in [4.69, 9.17) is 0 Å². The van der Waals surface area contributed by atoms with Crippen molar-refractivity contribution in [2.75, 3.05) is 0 Å². The van der Waals surface area contributed by atoms with Crippen LogP contribution in [0.1, 0.15) is 22.3 Å². The summed E-state index contributed by atoms with van der Waals surface area (Å²) in [6.07, 6.45) is 0. The Labute approximate surface area is 125 Å². The van der Waals surface area contributed by atoms with Gasteiger partial charge < -0.3 is 15.7 Å². The predicted molar refractivity (Wildman–Crippen MR) is 79.0 cm³/mol. The summed E-state index contributed by atoms with van der Waals surface area (Å²) < 4.78 is 0. The summed E-state index contributed by atoms with van der Waals surface area (Å²) in [5.74, 6) is -1.11. The van der Waals surface area contributed by atoms with Gasteiger partial charge in [-0.2, -0.15) is 0 Å². The number of benzene rings is 1. The molecule has 1 aromatic heterocycles. The molecular weight excluding hydrogens is 290 g/mol. The van der Waals surface area contributed by atoms with Gasteiger partial charge in [0.05, 0.1) is 17.2 Å². The third-order valence-electron chi connectivity index (χ3n) is 2.75. The number of aryl methyl sites for hydroxylation is 1. The van der Waals surface area contributed by atoms with Crippen LogP contribution in [0.25, 0.3) is 0 Å². The van der Waals surface area contributed by atoms with Crippen molar-refractivity contribution in [1.82, 2.24) is 15.6 Å². The lowest BCUT2D eigenvalue weighted by atomic mass is 10.1. The molecular formula is C14H15N3O3S. The fraction of sp³-hybridized carbons (Fsp3) is 0.214. The summed E-state index contributed by atoms with van der Waals surface area (Å²) in [6, 6.07) is 6.92. The van der Waals surface area contributed by atoms with Crippen LogP contribution in [-0.4, -0.2) is 22.1 Å². The van der Waals surface area contributed by atoms with Gasteiger partial charge in [0.25, 0.3) is 0 Å². The minimum Gasteiger partial charge on any atom is -0.479 e. The van der Waals surface area contributed by atoms with Gasteiger partial charge in [0.2, 0.25) is 0 Å². The molecule has 0 fully saturated rings. The fourth-order valence-corrected chi connectivity index (χ4v) is 2.39. The molecule has 0 saturated heterocycles. The van der Waals surface area contributed by atoms with Gasteiger partial charge in [-0.25, -0.2) is 14.6 Å². The maximum absolute atomic E-state index is 11.8. The van der Waals surface area contributed by atoms with Gasteiger partial charge >= 0.3 is 12.0 Å².